The van der Waals surface area contributed by atoms with Gasteiger partial charge in [0.1, 0.15) is 0 Å². The van der Waals surface area contributed by atoms with Gasteiger partial charge in [-0.2, -0.15) is 0 Å². The van der Waals surface area contributed by atoms with Crippen LogP contribution in [0.25, 0.3) is 10.8 Å². The summed E-state index contributed by atoms with van der Waals surface area (Å²) in [5.41, 5.74) is 1.95. The van der Waals surface area contributed by atoms with Gasteiger partial charge in [-0.3, -0.25) is 0 Å². The summed E-state index contributed by atoms with van der Waals surface area (Å²) in [6.07, 6.45) is 0.552. The van der Waals surface area contributed by atoms with Crippen molar-refractivity contribution in [1.29, 1.82) is 0 Å². The molecule has 3 aromatic carbocycles. The highest BCUT2D eigenvalue weighted by atomic mass is 16.6. The molecule has 0 unspecified atom stereocenters. The molecule has 0 aromatic heterocycles. The van der Waals surface area contributed by atoms with Gasteiger partial charge in [-0.15, -0.1) is 0 Å². The van der Waals surface area contributed by atoms with Gasteiger partial charge in [0.15, 0.2) is 6.04 Å². The third-order valence-corrected chi connectivity index (χ3v) is 4.06. The van der Waals surface area contributed by atoms with Gasteiger partial charge in [-0.25, -0.2) is 9.79 Å². The van der Waals surface area contributed by atoms with Crippen LogP contribution in [-0.4, -0.2) is 17.9 Å². The Hall–Kier alpha value is -2.94. The molecule has 0 spiro atoms. The first-order chi connectivity index (χ1) is 11.3. The van der Waals surface area contributed by atoms with Crippen LogP contribution >= 0.6 is 0 Å². The first-order valence-corrected chi connectivity index (χ1v) is 7.63. The molecule has 1 atom stereocenters. The van der Waals surface area contributed by atoms with E-state index in [1.54, 1.807) is 0 Å². The highest BCUT2D eigenvalue weighted by Crippen LogP contribution is 2.23. The van der Waals surface area contributed by atoms with Gasteiger partial charge in [0.25, 0.3) is 0 Å². The molecule has 0 saturated heterocycles. The fourth-order valence-corrected chi connectivity index (χ4v) is 2.91. The average Bonchev–Trinajstić information content (AvgIpc) is 2.97. The second-order valence-corrected chi connectivity index (χ2v) is 5.58. The zero-order chi connectivity index (χ0) is 15.6. The Morgan fingerprint density at radius 2 is 1.61 bits per heavy atom. The number of fused-ring (bicyclic) bond motifs is 1. The topological polar surface area (TPSA) is 38.7 Å². The predicted octanol–water partition coefficient (Wildman–Crippen LogP) is 3.75. The van der Waals surface area contributed by atoms with Gasteiger partial charge in [-0.1, -0.05) is 60.7 Å². The summed E-state index contributed by atoms with van der Waals surface area (Å²) >= 11 is 0. The second kappa shape index (κ2) is 5.69. The fraction of sp³-hybridized carbons (Fsp3) is 0.100. The number of aliphatic imine (C=N–C) groups is 1. The molecule has 0 bridgehead atoms. The van der Waals surface area contributed by atoms with Crippen LogP contribution in [0.1, 0.15) is 11.1 Å². The second-order valence-electron chi connectivity index (χ2n) is 5.58. The molecule has 0 fully saturated rings. The van der Waals surface area contributed by atoms with Crippen LogP contribution in [0.4, 0.5) is 0 Å². The van der Waals surface area contributed by atoms with E-state index in [1.807, 2.05) is 54.6 Å². The minimum absolute atomic E-state index is 0.281. The summed E-state index contributed by atoms with van der Waals surface area (Å²) in [4.78, 5) is 16.6. The van der Waals surface area contributed by atoms with Crippen molar-refractivity contribution in [2.24, 2.45) is 4.99 Å². The Morgan fingerprint density at radius 3 is 2.48 bits per heavy atom. The van der Waals surface area contributed by atoms with E-state index < -0.39 is 6.04 Å². The smallest absolute Gasteiger partial charge is 0.338 e. The standard InChI is InChI=1S/C20H15NO2/c22-20-18(21-19(23-20)15-8-2-1-3-9-15)13-16-11-6-10-14-7-4-5-12-17(14)16/h1-12,18H,13H2/t18-/m1/s1. The van der Waals surface area contributed by atoms with E-state index in [9.17, 15) is 4.79 Å². The van der Waals surface area contributed by atoms with Crippen LogP contribution in [0.3, 0.4) is 0 Å². The quantitative estimate of drug-likeness (QED) is 0.691. The molecule has 0 amide bonds. The minimum atomic E-state index is -0.476. The average molecular weight is 301 g/mol. The molecule has 0 aliphatic carbocycles. The molecule has 3 aromatic rings. The van der Waals surface area contributed by atoms with E-state index >= 15 is 0 Å². The number of carbonyl (C=O) groups is 1. The zero-order valence-electron chi connectivity index (χ0n) is 12.5. The van der Waals surface area contributed by atoms with Crippen molar-refractivity contribution in [1.82, 2.24) is 0 Å². The highest BCUT2D eigenvalue weighted by Gasteiger charge is 2.30. The fourth-order valence-electron chi connectivity index (χ4n) is 2.91. The van der Waals surface area contributed by atoms with E-state index in [-0.39, 0.29) is 5.97 Å². The van der Waals surface area contributed by atoms with Crippen LogP contribution in [0, 0.1) is 0 Å². The van der Waals surface area contributed by atoms with Crippen molar-refractivity contribution in [3.8, 4) is 0 Å². The molecule has 112 valence electrons. The number of hydrogen-bond acceptors (Lipinski definition) is 3. The molecule has 1 heterocycles. The number of esters is 1. The Morgan fingerprint density at radius 1 is 0.870 bits per heavy atom. The molecular weight excluding hydrogens is 286 g/mol. The monoisotopic (exact) mass is 301 g/mol. The van der Waals surface area contributed by atoms with Gasteiger partial charge in [0.05, 0.1) is 0 Å². The molecule has 4 rings (SSSR count). The number of benzene rings is 3. The Bertz CT molecular complexity index is 894. The molecule has 1 aliphatic heterocycles. The third kappa shape index (κ3) is 2.61. The van der Waals surface area contributed by atoms with Gasteiger partial charge in [0, 0.05) is 12.0 Å². The lowest BCUT2D eigenvalue weighted by Gasteiger charge is -2.07. The highest BCUT2D eigenvalue weighted by molar-refractivity contribution is 6.06. The van der Waals surface area contributed by atoms with Crippen LogP contribution in [0.5, 0.6) is 0 Å². The van der Waals surface area contributed by atoms with Crippen LogP contribution < -0.4 is 0 Å². The largest absolute Gasteiger partial charge is 0.406 e. The first kappa shape index (κ1) is 13.7. The maximum atomic E-state index is 12.2. The van der Waals surface area contributed by atoms with E-state index in [0.29, 0.717) is 12.3 Å². The van der Waals surface area contributed by atoms with Crippen molar-refractivity contribution >= 4 is 22.6 Å². The molecule has 3 nitrogen and oxygen atoms in total. The van der Waals surface area contributed by atoms with E-state index in [2.05, 4.69) is 23.2 Å². The molecule has 23 heavy (non-hydrogen) atoms. The van der Waals surface area contributed by atoms with Gasteiger partial charge >= 0.3 is 5.97 Å². The molecule has 0 radical (unpaired) electrons. The normalized spacial score (nSPS) is 17.1. The van der Waals surface area contributed by atoms with E-state index in [1.165, 1.54) is 5.39 Å². The van der Waals surface area contributed by atoms with Crippen molar-refractivity contribution in [3.05, 3.63) is 83.9 Å². The van der Waals surface area contributed by atoms with Crippen molar-refractivity contribution in [2.75, 3.05) is 0 Å². The van der Waals surface area contributed by atoms with Gasteiger partial charge in [0.2, 0.25) is 5.90 Å². The van der Waals surface area contributed by atoms with Crippen LogP contribution in [0.15, 0.2) is 77.8 Å². The Labute approximate surface area is 134 Å². The summed E-state index contributed by atoms with van der Waals surface area (Å²) in [6.45, 7) is 0. The summed E-state index contributed by atoms with van der Waals surface area (Å²) in [6, 6.07) is 23.4. The Kier molecular flexibility index (Phi) is 3.39. The number of carbonyl (C=O) groups excluding carboxylic acids is 1. The number of ether oxygens (including phenoxy) is 1. The SMILES string of the molecule is O=C1OC(c2ccccc2)=N[C@@H]1Cc1cccc2ccccc12. The number of cyclic esters (lactones) is 1. The maximum Gasteiger partial charge on any atom is 0.338 e. The van der Waals surface area contributed by atoms with Gasteiger partial charge < -0.3 is 4.74 Å². The summed E-state index contributed by atoms with van der Waals surface area (Å²) < 4.78 is 5.36. The first-order valence-electron chi connectivity index (χ1n) is 7.63. The maximum absolute atomic E-state index is 12.2. The molecule has 0 saturated carbocycles. The summed E-state index contributed by atoms with van der Waals surface area (Å²) in [5, 5.41) is 2.33. The summed E-state index contributed by atoms with van der Waals surface area (Å²) in [5.74, 6) is 0.137. The van der Waals surface area contributed by atoms with Crippen molar-refractivity contribution in [2.45, 2.75) is 12.5 Å². The zero-order valence-corrected chi connectivity index (χ0v) is 12.5. The van der Waals surface area contributed by atoms with Crippen molar-refractivity contribution in [3.63, 3.8) is 0 Å². The van der Waals surface area contributed by atoms with Crippen LogP contribution in [0.2, 0.25) is 0 Å². The lowest BCUT2D eigenvalue weighted by Crippen LogP contribution is -2.18. The Balaban J connectivity index is 1.66. The lowest BCUT2D eigenvalue weighted by molar-refractivity contribution is -0.134. The molecule has 1 aliphatic rings. The van der Waals surface area contributed by atoms with E-state index in [0.717, 1.165) is 16.5 Å². The van der Waals surface area contributed by atoms with Gasteiger partial charge in [-0.05, 0) is 28.5 Å². The summed E-state index contributed by atoms with van der Waals surface area (Å²) in [7, 11) is 0. The number of hydrogen-bond donors (Lipinski definition) is 0. The molecular formula is C20H15NO2. The van der Waals surface area contributed by atoms with Crippen molar-refractivity contribution < 1.29 is 9.53 Å². The van der Waals surface area contributed by atoms with E-state index in [4.69, 9.17) is 4.74 Å². The van der Waals surface area contributed by atoms with Crippen LogP contribution in [-0.2, 0) is 16.0 Å². The molecule has 0 N–H and O–H groups in total. The number of rotatable bonds is 3. The third-order valence-electron chi connectivity index (χ3n) is 4.06. The predicted molar refractivity (Wildman–Crippen MR) is 90.5 cm³/mol. The lowest BCUT2D eigenvalue weighted by atomic mass is 9.99. The molecule has 3 heteroatoms. The minimum Gasteiger partial charge on any atom is -0.406 e. The number of nitrogens with zero attached hydrogens (tertiary/aromatic N) is 1.